The molecule has 0 aromatic carbocycles. The Morgan fingerprint density at radius 1 is 1.24 bits per heavy atom. The molecule has 0 rings (SSSR count). The second kappa shape index (κ2) is 6.72. The number of carboxylic acids is 1. The summed E-state index contributed by atoms with van der Waals surface area (Å²) in [4.78, 5) is 35.4. The van der Waals surface area contributed by atoms with Crippen molar-refractivity contribution in [3.05, 3.63) is 0 Å². The fourth-order valence-corrected chi connectivity index (χ4v) is 1.35. The monoisotopic (exact) mass is 245 g/mol. The molecule has 0 radical (unpaired) electrons. The number of carboxylic acid groups (broad SMARTS) is 1. The molecule has 0 aromatic heterocycles. The van der Waals surface area contributed by atoms with Gasteiger partial charge in [0.15, 0.2) is 0 Å². The summed E-state index contributed by atoms with van der Waals surface area (Å²) >= 11 is 0. The van der Waals surface area contributed by atoms with Crippen molar-refractivity contribution in [1.82, 2.24) is 9.80 Å². The van der Waals surface area contributed by atoms with Crippen molar-refractivity contribution in [3.63, 3.8) is 0 Å². The minimum atomic E-state index is -1.11. The lowest BCUT2D eigenvalue weighted by molar-refractivity contribution is -0.137. The summed E-state index contributed by atoms with van der Waals surface area (Å²) in [7, 11) is 1.37. The standard InChI is InChI=1S/C10H19N3O4/c1-7(2)4-13(5-8(11)14)10(17)12(3)6-9(15)16/h7H,4-6H2,1-3H3,(H2,11,14)(H,15,16). The lowest BCUT2D eigenvalue weighted by Gasteiger charge is -2.27. The molecule has 98 valence electrons. The van der Waals surface area contributed by atoms with Gasteiger partial charge in [0.2, 0.25) is 5.91 Å². The molecule has 0 fully saturated rings. The average Bonchev–Trinajstić information content (AvgIpc) is 2.12. The summed E-state index contributed by atoms with van der Waals surface area (Å²) in [5.41, 5.74) is 5.04. The maximum atomic E-state index is 11.8. The summed E-state index contributed by atoms with van der Waals surface area (Å²) in [6.07, 6.45) is 0. The Morgan fingerprint density at radius 2 is 1.76 bits per heavy atom. The van der Waals surface area contributed by atoms with Gasteiger partial charge in [0.05, 0.1) is 0 Å². The van der Waals surface area contributed by atoms with Gasteiger partial charge in [-0.25, -0.2) is 4.79 Å². The Bertz CT molecular complexity index is 304. The Kier molecular flexibility index (Phi) is 6.01. The minimum absolute atomic E-state index is 0.163. The van der Waals surface area contributed by atoms with Crippen molar-refractivity contribution in [3.8, 4) is 0 Å². The zero-order valence-electron chi connectivity index (χ0n) is 10.3. The van der Waals surface area contributed by atoms with Gasteiger partial charge in [-0.15, -0.1) is 0 Å². The van der Waals surface area contributed by atoms with Gasteiger partial charge in [0, 0.05) is 13.6 Å². The third kappa shape index (κ3) is 6.39. The van der Waals surface area contributed by atoms with Crippen LogP contribution in [0.5, 0.6) is 0 Å². The fraction of sp³-hybridized carbons (Fsp3) is 0.700. The summed E-state index contributed by atoms with van der Waals surface area (Å²) in [6, 6.07) is -0.514. The predicted octanol–water partition coefficient (Wildman–Crippen LogP) is -0.434. The lowest BCUT2D eigenvalue weighted by atomic mass is 10.2. The number of likely N-dealkylation sites (N-methyl/N-ethyl adjacent to an activating group) is 1. The topological polar surface area (TPSA) is 104 Å². The number of primary amides is 1. The maximum Gasteiger partial charge on any atom is 0.323 e. The summed E-state index contributed by atoms with van der Waals surface area (Å²) in [5, 5.41) is 8.57. The third-order valence-electron chi connectivity index (χ3n) is 1.90. The van der Waals surface area contributed by atoms with Crippen molar-refractivity contribution in [1.29, 1.82) is 0 Å². The second-order valence-corrected chi connectivity index (χ2v) is 4.27. The zero-order chi connectivity index (χ0) is 13.6. The number of urea groups is 1. The Morgan fingerprint density at radius 3 is 2.12 bits per heavy atom. The van der Waals surface area contributed by atoms with E-state index in [4.69, 9.17) is 10.8 Å². The van der Waals surface area contributed by atoms with Crippen molar-refractivity contribution in [2.45, 2.75) is 13.8 Å². The van der Waals surface area contributed by atoms with Crippen molar-refractivity contribution >= 4 is 17.9 Å². The van der Waals surface area contributed by atoms with E-state index in [1.165, 1.54) is 11.9 Å². The van der Waals surface area contributed by atoms with Crippen LogP contribution in [0.15, 0.2) is 0 Å². The van der Waals surface area contributed by atoms with Crippen LogP contribution < -0.4 is 5.73 Å². The molecule has 3 N–H and O–H groups in total. The van der Waals surface area contributed by atoms with E-state index in [1.807, 2.05) is 13.8 Å². The predicted molar refractivity (Wildman–Crippen MR) is 61.3 cm³/mol. The molecule has 0 spiro atoms. The van der Waals surface area contributed by atoms with Crippen LogP contribution in [0.25, 0.3) is 0 Å². The normalized spacial score (nSPS) is 10.1. The third-order valence-corrected chi connectivity index (χ3v) is 1.90. The van der Waals surface area contributed by atoms with Gasteiger partial charge >= 0.3 is 12.0 Å². The van der Waals surface area contributed by atoms with Crippen LogP contribution in [-0.4, -0.2) is 59.5 Å². The Balaban J connectivity index is 4.60. The highest BCUT2D eigenvalue weighted by Crippen LogP contribution is 2.02. The molecular formula is C10H19N3O4. The van der Waals surface area contributed by atoms with E-state index in [-0.39, 0.29) is 12.5 Å². The molecule has 0 aliphatic heterocycles. The van der Waals surface area contributed by atoms with E-state index in [9.17, 15) is 14.4 Å². The molecule has 3 amide bonds. The van der Waals surface area contributed by atoms with Crippen LogP contribution >= 0.6 is 0 Å². The SMILES string of the molecule is CC(C)CN(CC(N)=O)C(=O)N(C)CC(=O)O. The number of amides is 3. The molecule has 0 heterocycles. The number of hydrogen-bond acceptors (Lipinski definition) is 3. The first kappa shape index (κ1) is 15.2. The highest BCUT2D eigenvalue weighted by molar-refractivity contribution is 5.84. The van der Waals surface area contributed by atoms with Gasteiger partial charge < -0.3 is 20.6 Å². The van der Waals surface area contributed by atoms with Gasteiger partial charge in [0.1, 0.15) is 13.1 Å². The van der Waals surface area contributed by atoms with Crippen LogP contribution in [-0.2, 0) is 9.59 Å². The first-order chi connectivity index (χ1) is 7.73. The van der Waals surface area contributed by atoms with Crippen LogP contribution in [0.2, 0.25) is 0 Å². The highest BCUT2D eigenvalue weighted by Gasteiger charge is 2.21. The van der Waals surface area contributed by atoms with Crippen LogP contribution in [0.3, 0.4) is 0 Å². The van der Waals surface area contributed by atoms with E-state index in [1.54, 1.807) is 0 Å². The van der Waals surface area contributed by atoms with Gasteiger partial charge in [-0.2, -0.15) is 0 Å². The molecule has 0 saturated heterocycles. The molecule has 17 heavy (non-hydrogen) atoms. The van der Waals surface area contributed by atoms with Crippen LogP contribution in [0.1, 0.15) is 13.8 Å². The van der Waals surface area contributed by atoms with Crippen molar-refractivity contribution in [2.24, 2.45) is 11.7 Å². The molecule has 0 aromatic rings. The van der Waals surface area contributed by atoms with Gasteiger partial charge in [0.25, 0.3) is 0 Å². The van der Waals surface area contributed by atoms with Crippen molar-refractivity contribution < 1.29 is 19.5 Å². The number of hydrogen-bond donors (Lipinski definition) is 2. The number of rotatable bonds is 6. The fourth-order valence-electron chi connectivity index (χ4n) is 1.35. The average molecular weight is 245 g/mol. The molecular weight excluding hydrogens is 226 g/mol. The number of nitrogens with two attached hydrogens (primary N) is 1. The van der Waals surface area contributed by atoms with Crippen LogP contribution in [0, 0.1) is 5.92 Å². The van der Waals surface area contributed by atoms with E-state index < -0.39 is 24.5 Å². The minimum Gasteiger partial charge on any atom is -0.480 e. The highest BCUT2D eigenvalue weighted by atomic mass is 16.4. The van der Waals surface area contributed by atoms with E-state index >= 15 is 0 Å². The lowest BCUT2D eigenvalue weighted by Crippen LogP contribution is -2.47. The van der Waals surface area contributed by atoms with Gasteiger partial charge in [-0.05, 0) is 5.92 Å². The van der Waals surface area contributed by atoms with E-state index in [2.05, 4.69) is 0 Å². The number of aliphatic carboxylic acids is 1. The Labute approximate surface area is 100 Å². The number of nitrogens with zero attached hydrogens (tertiary/aromatic N) is 2. The maximum absolute atomic E-state index is 11.8. The molecule has 0 bridgehead atoms. The zero-order valence-corrected chi connectivity index (χ0v) is 10.3. The molecule has 0 saturated carbocycles. The first-order valence-electron chi connectivity index (χ1n) is 5.24. The number of carbonyl (C=O) groups is 3. The summed E-state index contributed by atoms with van der Waals surface area (Å²) in [6.45, 7) is 3.51. The summed E-state index contributed by atoms with van der Waals surface area (Å²) in [5.74, 6) is -1.57. The smallest absolute Gasteiger partial charge is 0.323 e. The molecule has 0 aliphatic rings. The Hall–Kier alpha value is -1.79. The quantitative estimate of drug-likeness (QED) is 0.662. The molecule has 7 nitrogen and oxygen atoms in total. The van der Waals surface area contributed by atoms with Gasteiger partial charge in [-0.3, -0.25) is 9.59 Å². The first-order valence-corrected chi connectivity index (χ1v) is 5.24. The number of carbonyl (C=O) groups excluding carboxylic acids is 2. The molecule has 7 heteroatoms. The largest absolute Gasteiger partial charge is 0.480 e. The second-order valence-electron chi connectivity index (χ2n) is 4.27. The van der Waals surface area contributed by atoms with Crippen LogP contribution in [0.4, 0.5) is 4.79 Å². The summed E-state index contributed by atoms with van der Waals surface area (Å²) < 4.78 is 0. The molecule has 0 unspecified atom stereocenters. The van der Waals surface area contributed by atoms with Gasteiger partial charge in [-0.1, -0.05) is 13.8 Å². The van der Waals surface area contributed by atoms with E-state index in [0.717, 1.165) is 4.90 Å². The van der Waals surface area contributed by atoms with Crippen molar-refractivity contribution in [2.75, 3.05) is 26.7 Å². The van der Waals surface area contributed by atoms with E-state index in [0.29, 0.717) is 6.54 Å². The molecule has 0 atom stereocenters. The molecule has 0 aliphatic carbocycles.